The molecular formula is C30H37N3O2. The van der Waals surface area contributed by atoms with Crippen molar-refractivity contribution in [2.24, 2.45) is 34.5 Å². The Balaban J connectivity index is 1.11. The number of para-hydroxylation sites is 1. The lowest BCUT2D eigenvalue weighted by molar-refractivity contribution is -0.123. The number of nitrogens with zero attached hydrogens (tertiary/aromatic N) is 1. The first-order valence-electron chi connectivity index (χ1n) is 13.5. The number of carbonyl (C=O) groups excluding carboxylic acids is 2. The maximum absolute atomic E-state index is 12.8. The van der Waals surface area contributed by atoms with Crippen molar-refractivity contribution < 1.29 is 9.59 Å². The number of anilines is 1. The summed E-state index contributed by atoms with van der Waals surface area (Å²) in [6.45, 7) is 4.90. The molecule has 4 aliphatic rings. The van der Waals surface area contributed by atoms with Gasteiger partial charge in [-0.3, -0.25) is 14.6 Å². The first-order valence-corrected chi connectivity index (χ1v) is 13.5. The highest BCUT2D eigenvalue weighted by Crippen LogP contribution is 2.65. The molecule has 0 radical (unpaired) electrons. The molecule has 3 aliphatic carbocycles. The van der Waals surface area contributed by atoms with Gasteiger partial charge in [0.25, 0.3) is 0 Å². The molecule has 0 bridgehead atoms. The van der Waals surface area contributed by atoms with E-state index in [1.807, 2.05) is 30.3 Å². The summed E-state index contributed by atoms with van der Waals surface area (Å²) in [7, 11) is 0. The van der Waals surface area contributed by atoms with Crippen molar-refractivity contribution >= 4 is 28.4 Å². The van der Waals surface area contributed by atoms with Gasteiger partial charge in [-0.25, -0.2) is 0 Å². The molecule has 1 aromatic heterocycles. The van der Waals surface area contributed by atoms with Crippen LogP contribution < -0.4 is 10.6 Å². The third-order valence-corrected chi connectivity index (χ3v) is 10.5. The van der Waals surface area contributed by atoms with E-state index in [2.05, 4.69) is 35.5 Å². The van der Waals surface area contributed by atoms with E-state index >= 15 is 0 Å². The van der Waals surface area contributed by atoms with Gasteiger partial charge in [-0.15, -0.1) is 0 Å². The number of hydrogen-bond acceptors (Lipinski definition) is 3. The molecule has 3 fully saturated rings. The molecule has 2 amide bonds. The minimum atomic E-state index is 0.0743. The summed E-state index contributed by atoms with van der Waals surface area (Å²) in [5.41, 5.74) is 2.14. The van der Waals surface area contributed by atoms with Gasteiger partial charge >= 0.3 is 0 Å². The van der Waals surface area contributed by atoms with Crippen molar-refractivity contribution in [1.29, 1.82) is 0 Å². The van der Waals surface area contributed by atoms with Gasteiger partial charge in [0.1, 0.15) is 0 Å². The van der Waals surface area contributed by atoms with Crippen molar-refractivity contribution in [2.75, 3.05) is 5.32 Å². The minimum Gasteiger partial charge on any atom is -0.349 e. The molecule has 0 spiro atoms. The molecule has 1 aromatic carbocycles. The summed E-state index contributed by atoms with van der Waals surface area (Å²) in [6, 6.07) is 10.3. The molecular weight excluding hydrogens is 434 g/mol. The van der Waals surface area contributed by atoms with Gasteiger partial charge < -0.3 is 10.6 Å². The SMILES string of the molecule is C[C@]12C=CC(=O)N[C@@H]1CC[C@@H]1[C@@H]2CC[C@]2(C)[C@@H](CCC(=O)Nc3cnc4ccccc4c3)CC[C@@H]12. The summed E-state index contributed by atoms with van der Waals surface area (Å²) in [5.74, 6) is 2.91. The molecule has 0 saturated heterocycles. The molecule has 2 heterocycles. The van der Waals surface area contributed by atoms with Gasteiger partial charge in [-0.05, 0) is 92.2 Å². The average molecular weight is 472 g/mol. The fraction of sp³-hybridized carbons (Fsp3) is 0.567. The van der Waals surface area contributed by atoms with Gasteiger partial charge in [-0.2, -0.15) is 0 Å². The quantitative estimate of drug-likeness (QED) is 0.586. The fourth-order valence-corrected chi connectivity index (χ4v) is 8.58. The van der Waals surface area contributed by atoms with Crippen LogP contribution in [0.1, 0.15) is 65.2 Å². The molecule has 6 rings (SSSR count). The van der Waals surface area contributed by atoms with Crippen LogP contribution in [0.2, 0.25) is 0 Å². The minimum absolute atomic E-state index is 0.0743. The predicted octanol–water partition coefficient (Wildman–Crippen LogP) is 5.87. The van der Waals surface area contributed by atoms with Crippen molar-refractivity contribution in [3.63, 3.8) is 0 Å². The number of rotatable bonds is 4. The van der Waals surface area contributed by atoms with Gasteiger partial charge in [0.2, 0.25) is 11.8 Å². The maximum atomic E-state index is 12.8. The Morgan fingerprint density at radius 3 is 2.86 bits per heavy atom. The number of aromatic nitrogens is 1. The number of hydrogen-bond donors (Lipinski definition) is 2. The van der Waals surface area contributed by atoms with Crippen molar-refractivity contribution in [1.82, 2.24) is 10.3 Å². The Morgan fingerprint density at radius 1 is 1.11 bits per heavy atom. The van der Waals surface area contributed by atoms with E-state index in [0.29, 0.717) is 23.7 Å². The van der Waals surface area contributed by atoms with Crippen LogP contribution in [0.5, 0.6) is 0 Å². The smallest absolute Gasteiger partial charge is 0.243 e. The van der Waals surface area contributed by atoms with Gasteiger partial charge in [0.15, 0.2) is 0 Å². The van der Waals surface area contributed by atoms with Crippen LogP contribution in [0, 0.1) is 34.5 Å². The van der Waals surface area contributed by atoms with Crippen molar-refractivity contribution in [2.45, 2.75) is 71.3 Å². The normalized spacial score (nSPS) is 37.8. The van der Waals surface area contributed by atoms with Crippen molar-refractivity contribution in [3.05, 3.63) is 48.7 Å². The Morgan fingerprint density at radius 2 is 1.97 bits per heavy atom. The van der Waals surface area contributed by atoms with E-state index in [0.717, 1.165) is 41.3 Å². The molecule has 7 atom stereocenters. The number of fused-ring (bicyclic) bond motifs is 6. The summed E-state index contributed by atoms with van der Waals surface area (Å²) in [5, 5.41) is 7.39. The van der Waals surface area contributed by atoms with Crippen LogP contribution in [0.3, 0.4) is 0 Å². The molecule has 3 saturated carbocycles. The zero-order valence-corrected chi connectivity index (χ0v) is 20.9. The number of pyridine rings is 1. The van der Waals surface area contributed by atoms with E-state index in [-0.39, 0.29) is 23.3 Å². The zero-order chi connectivity index (χ0) is 24.2. The lowest BCUT2D eigenvalue weighted by Crippen LogP contribution is -2.59. The maximum Gasteiger partial charge on any atom is 0.243 e. The van der Waals surface area contributed by atoms with Crippen LogP contribution in [0.15, 0.2) is 48.7 Å². The first kappa shape index (κ1) is 22.8. The highest BCUT2D eigenvalue weighted by atomic mass is 16.2. The molecule has 5 heteroatoms. The van der Waals surface area contributed by atoms with Crippen LogP contribution in [-0.2, 0) is 9.59 Å². The van der Waals surface area contributed by atoms with Gasteiger partial charge in [0, 0.05) is 23.3 Å². The number of nitrogens with one attached hydrogen (secondary N) is 2. The molecule has 184 valence electrons. The lowest BCUT2D eigenvalue weighted by atomic mass is 9.48. The molecule has 1 aliphatic heterocycles. The number of amides is 2. The Labute approximate surface area is 208 Å². The number of carbonyl (C=O) groups is 2. The summed E-state index contributed by atoms with van der Waals surface area (Å²) >= 11 is 0. The monoisotopic (exact) mass is 471 g/mol. The summed E-state index contributed by atoms with van der Waals surface area (Å²) in [6.07, 6.45) is 14.6. The first-order chi connectivity index (χ1) is 16.9. The van der Waals surface area contributed by atoms with E-state index < -0.39 is 0 Å². The Bertz CT molecular complexity index is 1190. The standard InChI is InChI=1S/C30H37N3O2/c1-29-15-13-24-22(9-11-26-30(24,2)16-14-28(35)33-26)23(29)10-7-20(29)8-12-27(34)32-21-17-19-5-3-4-6-25(19)31-18-21/h3-6,14,16-18,20,22-24,26H,7-13,15H2,1-2H3,(H,32,34)(H,33,35)/t20-,22+,23+,24+,26-,29-,30-/m1/s1. The van der Waals surface area contributed by atoms with Crippen LogP contribution in [0.4, 0.5) is 5.69 Å². The molecule has 5 nitrogen and oxygen atoms in total. The fourth-order valence-electron chi connectivity index (χ4n) is 8.58. The second-order valence-corrected chi connectivity index (χ2v) is 12.0. The van der Waals surface area contributed by atoms with Gasteiger partial charge in [0.05, 0.1) is 17.4 Å². The van der Waals surface area contributed by atoms with Crippen LogP contribution in [-0.4, -0.2) is 22.8 Å². The summed E-state index contributed by atoms with van der Waals surface area (Å²) in [4.78, 5) is 29.3. The second-order valence-electron chi connectivity index (χ2n) is 12.0. The highest BCUT2D eigenvalue weighted by Gasteiger charge is 2.59. The van der Waals surface area contributed by atoms with Crippen LogP contribution >= 0.6 is 0 Å². The second kappa shape index (κ2) is 8.46. The number of benzene rings is 1. The van der Waals surface area contributed by atoms with E-state index in [9.17, 15) is 9.59 Å². The van der Waals surface area contributed by atoms with Gasteiger partial charge in [-0.1, -0.05) is 38.1 Å². The molecule has 0 unspecified atom stereocenters. The Hall–Kier alpha value is -2.69. The van der Waals surface area contributed by atoms with E-state index in [1.54, 1.807) is 12.3 Å². The van der Waals surface area contributed by atoms with Crippen LogP contribution in [0.25, 0.3) is 10.9 Å². The largest absolute Gasteiger partial charge is 0.349 e. The summed E-state index contributed by atoms with van der Waals surface area (Å²) < 4.78 is 0. The predicted molar refractivity (Wildman–Crippen MR) is 139 cm³/mol. The molecule has 2 N–H and O–H groups in total. The third-order valence-electron chi connectivity index (χ3n) is 10.5. The third kappa shape index (κ3) is 3.78. The lowest BCUT2D eigenvalue weighted by Gasteiger charge is -2.59. The molecule has 2 aromatic rings. The Kier molecular flexibility index (Phi) is 5.50. The van der Waals surface area contributed by atoms with Crippen molar-refractivity contribution in [3.8, 4) is 0 Å². The topological polar surface area (TPSA) is 71.1 Å². The van der Waals surface area contributed by atoms with E-state index in [1.165, 1.54) is 32.1 Å². The average Bonchev–Trinajstić information content (AvgIpc) is 3.19. The zero-order valence-electron chi connectivity index (χ0n) is 20.9. The van der Waals surface area contributed by atoms with E-state index in [4.69, 9.17) is 0 Å². The molecule has 35 heavy (non-hydrogen) atoms. The highest BCUT2D eigenvalue weighted by molar-refractivity contribution is 5.93.